The van der Waals surface area contributed by atoms with Gasteiger partial charge in [-0.2, -0.15) is 0 Å². The molecule has 0 aliphatic carbocycles. The standard InChI is InChI=1S/C17H12NO2P/c19-17-16-14(10-11-18-17)13-8-4-5-9-15(13)21(16,20)12-6-2-1-3-7-12/h1-11H,(H,18,19). The third-order valence-corrected chi connectivity index (χ3v) is 7.07. The van der Waals surface area contributed by atoms with Gasteiger partial charge in [0.1, 0.15) is 0 Å². The van der Waals surface area contributed by atoms with Crippen molar-refractivity contribution in [3.8, 4) is 11.1 Å². The Balaban J connectivity index is 2.19. The van der Waals surface area contributed by atoms with Crippen molar-refractivity contribution in [1.82, 2.24) is 4.98 Å². The molecule has 3 nitrogen and oxygen atoms in total. The molecule has 1 N–H and O–H groups in total. The number of benzene rings is 2. The number of H-pyrrole nitrogens is 1. The van der Waals surface area contributed by atoms with Gasteiger partial charge < -0.3 is 9.55 Å². The lowest BCUT2D eigenvalue weighted by Gasteiger charge is -2.14. The van der Waals surface area contributed by atoms with Gasteiger partial charge in [-0.25, -0.2) is 0 Å². The lowest BCUT2D eigenvalue weighted by Crippen LogP contribution is -2.32. The van der Waals surface area contributed by atoms with E-state index in [4.69, 9.17) is 0 Å². The molecule has 2 aromatic carbocycles. The van der Waals surface area contributed by atoms with Crippen LogP contribution in [0.25, 0.3) is 11.1 Å². The number of aromatic amines is 1. The van der Waals surface area contributed by atoms with Crippen LogP contribution in [-0.4, -0.2) is 4.98 Å². The first kappa shape index (κ1) is 12.4. The molecule has 4 heteroatoms. The molecule has 21 heavy (non-hydrogen) atoms. The smallest absolute Gasteiger partial charge is 0.260 e. The van der Waals surface area contributed by atoms with E-state index in [1.165, 1.54) is 0 Å². The van der Waals surface area contributed by atoms with Crippen molar-refractivity contribution in [2.45, 2.75) is 0 Å². The molecule has 2 heterocycles. The maximum Gasteiger partial charge on any atom is 0.260 e. The minimum atomic E-state index is -3.08. The second-order valence-electron chi connectivity index (χ2n) is 5.03. The van der Waals surface area contributed by atoms with Crippen LogP contribution in [0.5, 0.6) is 0 Å². The van der Waals surface area contributed by atoms with Gasteiger partial charge in [0.2, 0.25) is 0 Å². The van der Waals surface area contributed by atoms with Crippen molar-refractivity contribution in [3.05, 3.63) is 77.2 Å². The molecule has 102 valence electrons. The zero-order chi connectivity index (χ0) is 14.4. The van der Waals surface area contributed by atoms with Gasteiger partial charge >= 0.3 is 0 Å². The van der Waals surface area contributed by atoms with E-state index >= 15 is 0 Å². The highest BCUT2D eigenvalue weighted by Gasteiger charge is 2.42. The van der Waals surface area contributed by atoms with Gasteiger partial charge in [0.25, 0.3) is 5.56 Å². The SMILES string of the molecule is O=c1[nH]ccc2c1P(=O)(c1ccccc1)c1ccccc1-2. The van der Waals surface area contributed by atoms with E-state index in [1.54, 1.807) is 6.20 Å². The summed E-state index contributed by atoms with van der Waals surface area (Å²) in [7, 11) is -3.08. The summed E-state index contributed by atoms with van der Waals surface area (Å²) in [6.45, 7) is 0. The Kier molecular flexibility index (Phi) is 2.54. The fraction of sp³-hybridized carbons (Fsp3) is 0. The van der Waals surface area contributed by atoms with Crippen LogP contribution in [0.1, 0.15) is 0 Å². The Morgan fingerprint density at radius 2 is 1.52 bits per heavy atom. The Labute approximate surface area is 121 Å². The molecular weight excluding hydrogens is 281 g/mol. The van der Waals surface area contributed by atoms with Gasteiger partial charge in [-0.1, -0.05) is 54.6 Å². The van der Waals surface area contributed by atoms with Crippen LogP contribution in [0.2, 0.25) is 0 Å². The van der Waals surface area contributed by atoms with Crippen LogP contribution in [0.3, 0.4) is 0 Å². The molecule has 0 bridgehead atoms. The summed E-state index contributed by atoms with van der Waals surface area (Å²) < 4.78 is 13.9. The number of aromatic nitrogens is 1. The summed E-state index contributed by atoms with van der Waals surface area (Å²) in [5.41, 5.74) is 1.41. The monoisotopic (exact) mass is 293 g/mol. The van der Waals surface area contributed by atoms with E-state index in [2.05, 4.69) is 4.98 Å². The molecule has 1 aliphatic rings. The molecule has 0 fully saturated rings. The minimum Gasteiger partial charge on any atom is -0.328 e. The number of pyridine rings is 1. The molecule has 1 aromatic heterocycles. The Morgan fingerprint density at radius 1 is 0.810 bits per heavy atom. The van der Waals surface area contributed by atoms with Crippen LogP contribution in [-0.2, 0) is 4.57 Å². The van der Waals surface area contributed by atoms with E-state index in [-0.39, 0.29) is 5.56 Å². The molecule has 0 amide bonds. The number of hydrogen-bond acceptors (Lipinski definition) is 2. The van der Waals surface area contributed by atoms with Gasteiger partial charge in [0.15, 0.2) is 7.14 Å². The number of nitrogens with one attached hydrogen (secondary N) is 1. The van der Waals surface area contributed by atoms with Gasteiger partial charge in [-0.15, -0.1) is 0 Å². The Hall–Kier alpha value is -2.38. The quantitative estimate of drug-likeness (QED) is 0.546. The lowest BCUT2D eigenvalue weighted by molar-refractivity contribution is 0.592. The van der Waals surface area contributed by atoms with Gasteiger partial charge in [-0.05, 0) is 11.6 Å². The van der Waals surface area contributed by atoms with Gasteiger partial charge in [-0.3, -0.25) is 4.79 Å². The topological polar surface area (TPSA) is 49.9 Å². The average molecular weight is 293 g/mol. The van der Waals surface area contributed by atoms with E-state index < -0.39 is 7.14 Å². The van der Waals surface area contributed by atoms with E-state index in [0.29, 0.717) is 10.6 Å². The predicted octanol–water partition coefficient (Wildman–Crippen LogP) is 1.99. The summed E-state index contributed by atoms with van der Waals surface area (Å²) >= 11 is 0. The van der Waals surface area contributed by atoms with Gasteiger partial charge in [0, 0.05) is 22.4 Å². The average Bonchev–Trinajstić information content (AvgIpc) is 2.81. The van der Waals surface area contributed by atoms with Crippen LogP contribution < -0.4 is 21.5 Å². The molecule has 3 aromatic rings. The molecule has 0 radical (unpaired) electrons. The first-order valence-electron chi connectivity index (χ1n) is 6.71. The summed E-state index contributed by atoms with van der Waals surface area (Å²) in [6.07, 6.45) is 1.61. The summed E-state index contributed by atoms with van der Waals surface area (Å²) in [4.78, 5) is 15.0. The molecule has 0 saturated carbocycles. The predicted molar refractivity (Wildman–Crippen MR) is 85.4 cm³/mol. The van der Waals surface area contributed by atoms with Crippen molar-refractivity contribution in [2.24, 2.45) is 0 Å². The molecular formula is C17H12NO2P. The molecule has 1 unspecified atom stereocenters. The summed E-state index contributed by atoms with van der Waals surface area (Å²) in [5.74, 6) is 0. The number of rotatable bonds is 1. The summed E-state index contributed by atoms with van der Waals surface area (Å²) in [5, 5.41) is 1.85. The Morgan fingerprint density at radius 3 is 2.33 bits per heavy atom. The van der Waals surface area contributed by atoms with Crippen molar-refractivity contribution >= 4 is 23.1 Å². The van der Waals surface area contributed by atoms with Crippen LogP contribution >= 0.6 is 7.14 Å². The maximum atomic E-state index is 13.9. The highest BCUT2D eigenvalue weighted by atomic mass is 31.2. The van der Waals surface area contributed by atoms with Crippen LogP contribution in [0.4, 0.5) is 0 Å². The van der Waals surface area contributed by atoms with Crippen molar-refractivity contribution in [2.75, 3.05) is 0 Å². The first-order valence-corrected chi connectivity index (χ1v) is 8.41. The van der Waals surface area contributed by atoms with E-state index in [0.717, 1.165) is 16.4 Å². The lowest BCUT2D eigenvalue weighted by atomic mass is 10.1. The van der Waals surface area contributed by atoms with Crippen molar-refractivity contribution in [1.29, 1.82) is 0 Å². The third kappa shape index (κ3) is 1.55. The van der Waals surface area contributed by atoms with Gasteiger partial charge in [0.05, 0.1) is 5.30 Å². The second-order valence-corrected chi connectivity index (χ2v) is 7.70. The zero-order valence-electron chi connectivity index (χ0n) is 11.1. The summed E-state index contributed by atoms with van der Waals surface area (Å²) in [6, 6.07) is 18.7. The zero-order valence-corrected chi connectivity index (χ0v) is 12.0. The largest absolute Gasteiger partial charge is 0.328 e. The second kappa shape index (κ2) is 4.31. The first-order chi connectivity index (χ1) is 10.2. The third-order valence-electron chi connectivity index (χ3n) is 3.90. The maximum absolute atomic E-state index is 13.9. The van der Waals surface area contributed by atoms with Crippen LogP contribution in [0, 0.1) is 0 Å². The van der Waals surface area contributed by atoms with E-state index in [1.807, 2.05) is 60.7 Å². The molecule has 1 atom stereocenters. The fourth-order valence-electron chi connectivity index (χ4n) is 3.00. The van der Waals surface area contributed by atoms with E-state index in [9.17, 15) is 9.36 Å². The Bertz CT molecular complexity index is 944. The minimum absolute atomic E-state index is 0.268. The van der Waals surface area contributed by atoms with Crippen LogP contribution in [0.15, 0.2) is 71.7 Å². The highest BCUT2D eigenvalue weighted by Crippen LogP contribution is 2.50. The van der Waals surface area contributed by atoms with Crippen molar-refractivity contribution < 1.29 is 4.57 Å². The molecule has 0 saturated heterocycles. The molecule has 1 aliphatic heterocycles. The highest BCUT2D eigenvalue weighted by molar-refractivity contribution is 7.86. The fourth-order valence-corrected chi connectivity index (χ4v) is 6.09. The van der Waals surface area contributed by atoms with Crippen molar-refractivity contribution in [3.63, 3.8) is 0 Å². The number of fused-ring (bicyclic) bond motifs is 3. The number of hydrogen-bond donors (Lipinski definition) is 1. The molecule has 4 rings (SSSR count). The normalized spacial score (nSPS) is 19.0. The molecule has 0 spiro atoms.